The van der Waals surface area contributed by atoms with Crippen LogP contribution >= 0.6 is 0 Å². The van der Waals surface area contributed by atoms with Gasteiger partial charge >= 0.3 is 0 Å². The maximum atomic E-state index is 4.62. The van der Waals surface area contributed by atoms with E-state index < -0.39 is 0 Å². The molecule has 26 heavy (non-hydrogen) atoms. The zero-order valence-corrected chi connectivity index (χ0v) is 15.9. The molecule has 0 atom stereocenters. The molecule has 7 heteroatoms. The van der Waals surface area contributed by atoms with Crippen molar-refractivity contribution in [3.8, 4) is 0 Å². The van der Waals surface area contributed by atoms with Crippen LogP contribution in [-0.4, -0.2) is 57.6 Å². The van der Waals surface area contributed by atoms with Gasteiger partial charge in [0.15, 0.2) is 0 Å². The van der Waals surface area contributed by atoms with Gasteiger partial charge in [-0.25, -0.2) is 15.0 Å². The molecule has 2 aliphatic rings. The second-order valence-electron chi connectivity index (χ2n) is 7.63. The molecule has 2 aliphatic heterocycles. The van der Waals surface area contributed by atoms with Gasteiger partial charge in [-0.1, -0.05) is 0 Å². The van der Waals surface area contributed by atoms with Gasteiger partial charge in [0.2, 0.25) is 0 Å². The minimum absolute atomic E-state index is 0.482. The SMILES string of the molecule is CN(C)c1cc(NC2CCN(Cc3cnc4n3CCCC4)CC2)ncn1. The standard InChI is InChI=1S/C19H29N7/c1-24(2)19-11-17(21-14-22-19)23-15-6-9-25(10-7-15)13-16-12-20-18-5-3-4-8-26(16)18/h11-12,14-15H,3-10,13H2,1-2H3,(H,21,22,23). The average molecular weight is 355 g/mol. The first-order valence-corrected chi connectivity index (χ1v) is 9.70. The van der Waals surface area contributed by atoms with E-state index in [1.54, 1.807) is 6.33 Å². The Balaban J connectivity index is 1.30. The summed E-state index contributed by atoms with van der Waals surface area (Å²) in [6, 6.07) is 2.50. The second kappa shape index (κ2) is 7.61. The first-order valence-electron chi connectivity index (χ1n) is 9.70. The Labute approximate surface area is 155 Å². The van der Waals surface area contributed by atoms with Crippen molar-refractivity contribution in [2.75, 3.05) is 37.4 Å². The molecule has 140 valence electrons. The van der Waals surface area contributed by atoms with Crippen molar-refractivity contribution >= 4 is 11.6 Å². The molecular weight excluding hydrogens is 326 g/mol. The van der Waals surface area contributed by atoms with Crippen LogP contribution in [0, 0.1) is 0 Å². The van der Waals surface area contributed by atoms with Gasteiger partial charge in [-0.05, 0) is 25.7 Å². The predicted molar refractivity (Wildman–Crippen MR) is 103 cm³/mol. The fourth-order valence-corrected chi connectivity index (χ4v) is 3.95. The quantitative estimate of drug-likeness (QED) is 0.887. The van der Waals surface area contributed by atoms with Gasteiger partial charge in [0.25, 0.3) is 0 Å². The number of anilines is 2. The normalized spacial score (nSPS) is 18.5. The number of fused-ring (bicyclic) bond motifs is 1. The van der Waals surface area contributed by atoms with Gasteiger partial charge in [-0.3, -0.25) is 4.90 Å². The Morgan fingerprint density at radius 1 is 1.12 bits per heavy atom. The van der Waals surface area contributed by atoms with Gasteiger partial charge < -0.3 is 14.8 Å². The van der Waals surface area contributed by atoms with Crippen LogP contribution in [0.4, 0.5) is 11.6 Å². The van der Waals surface area contributed by atoms with E-state index in [9.17, 15) is 0 Å². The van der Waals surface area contributed by atoms with Crippen LogP contribution in [0.2, 0.25) is 0 Å². The fourth-order valence-electron chi connectivity index (χ4n) is 3.95. The van der Waals surface area contributed by atoms with Crippen molar-refractivity contribution in [3.05, 3.63) is 30.1 Å². The van der Waals surface area contributed by atoms with Crippen LogP contribution in [0.1, 0.15) is 37.2 Å². The maximum Gasteiger partial charge on any atom is 0.133 e. The number of rotatable bonds is 5. The van der Waals surface area contributed by atoms with Crippen LogP contribution in [0.25, 0.3) is 0 Å². The number of aryl methyl sites for hydroxylation is 1. The predicted octanol–water partition coefficient (Wildman–Crippen LogP) is 2.15. The van der Waals surface area contributed by atoms with Crippen LogP contribution in [0.5, 0.6) is 0 Å². The molecule has 7 nitrogen and oxygen atoms in total. The largest absolute Gasteiger partial charge is 0.367 e. The summed E-state index contributed by atoms with van der Waals surface area (Å²) in [7, 11) is 4.00. The first kappa shape index (κ1) is 17.3. The summed E-state index contributed by atoms with van der Waals surface area (Å²) >= 11 is 0. The number of hydrogen-bond donors (Lipinski definition) is 1. The molecule has 0 aliphatic carbocycles. The molecule has 4 rings (SSSR count). The Kier molecular flexibility index (Phi) is 5.06. The number of hydrogen-bond acceptors (Lipinski definition) is 6. The Morgan fingerprint density at radius 3 is 2.77 bits per heavy atom. The molecule has 4 heterocycles. The molecule has 0 aromatic carbocycles. The molecule has 1 fully saturated rings. The molecule has 2 aromatic rings. The summed E-state index contributed by atoms with van der Waals surface area (Å²) < 4.78 is 2.44. The fraction of sp³-hybridized carbons (Fsp3) is 0.632. The van der Waals surface area contributed by atoms with Crippen molar-refractivity contribution in [1.29, 1.82) is 0 Å². The van der Waals surface area contributed by atoms with Crippen LogP contribution in [-0.2, 0) is 19.5 Å². The van der Waals surface area contributed by atoms with Gasteiger partial charge in [0.05, 0.1) is 5.69 Å². The van der Waals surface area contributed by atoms with E-state index in [0.29, 0.717) is 6.04 Å². The van der Waals surface area contributed by atoms with Crippen LogP contribution < -0.4 is 10.2 Å². The number of aromatic nitrogens is 4. The average Bonchev–Trinajstić information content (AvgIpc) is 3.07. The number of imidazole rings is 1. The number of likely N-dealkylation sites (tertiary alicyclic amines) is 1. The van der Waals surface area contributed by atoms with E-state index >= 15 is 0 Å². The van der Waals surface area contributed by atoms with Crippen molar-refractivity contribution in [1.82, 2.24) is 24.4 Å². The lowest BCUT2D eigenvalue weighted by molar-refractivity contribution is 0.205. The molecule has 0 bridgehead atoms. The summed E-state index contributed by atoms with van der Waals surface area (Å²) in [5.41, 5.74) is 1.39. The van der Waals surface area contributed by atoms with E-state index in [4.69, 9.17) is 0 Å². The molecule has 0 radical (unpaired) electrons. The van der Waals surface area contributed by atoms with E-state index in [2.05, 4.69) is 35.9 Å². The molecule has 0 amide bonds. The molecular formula is C19H29N7. The summed E-state index contributed by atoms with van der Waals surface area (Å²) in [6.07, 6.45) is 9.72. The molecule has 0 saturated carbocycles. The molecule has 1 N–H and O–H groups in total. The highest BCUT2D eigenvalue weighted by atomic mass is 15.2. The van der Waals surface area contributed by atoms with Gasteiger partial charge in [0.1, 0.15) is 23.8 Å². The third kappa shape index (κ3) is 3.82. The molecule has 1 saturated heterocycles. The maximum absolute atomic E-state index is 4.62. The van der Waals surface area contributed by atoms with Crippen molar-refractivity contribution in [2.24, 2.45) is 0 Å². The zero-order valence-electron chi connectivity index (χ0n) is 15.9. The summed E-state index contributed by atoms with van der Waals surface area (Å²) in [5.74, 6) is 3.14. The van der Waals surface area contributed by atoms with E-state index in [0.717, 1.165) is 57.1 Å². The first-order chi connectivity index (χ1) is 12.7. The Bertz CT molecular complexity index is 731. The Hall–Kier alpha value is -2.15. The van der Waals surface area contributed by atoms with E-state index in [1.165, 1.54) is 24.4 Å². The third-order valence-electron chi connectivity index (χ3n) is 5.49. The van der Waals surface area contributed by atoms with E-state index in [-0.39, 0.29) is 0 Å². The molecule has 2 aromatic heterocycles. The third-order valence-corrected chi connectivity index (χ3v) is 5.49. The molecule has 0 unspecified atom stereocenters. The highest BCUT2D eigenvalue weighted by molar-refractivity contribution is 5.47. The number of nitrogens with one attached hydrogen (secondary N) is 1. The summed E-state index contributed by atoms with van der Waals surface area (Å²) in [6.45, 7) is 4.40. The van der Waals surface area contributed by atoms with Gasteiger partial charge in [-0.2, -0.15) is 0 Å². The smallest absolute Gasteiger partial charge is 0.133 e. The van der Waals surface area contributed by atoms with Crippen LogP contribution in [0.3, 0.4) is 0 Å². The highest BCUT2D eigenvalue weighted by Gasteiger charge is 2.22. The summed E-state index contributed by atoms with van der Waals surface area (Å²) in [4.78, 5) is 17.8. The van der Waals surface area contributed by atoms with Crippen LogP contribution in [0.15, 0.2) is 18.6 Å². The van der Waals surface area contributed by atoms with E-state index in [1.807, 2.05) is 25.1 Å². The number of piperidine rings is 1. The lowest BCUT2D eigenvalue weighted by atomic mass is 10.0. The van der Waals surface area contributed by atoms with Crippen molar-refractivity contribution < 1.29 is 0 Å². The monoisotopic (exact) mass is 355 g/mol. The number of nitrogens with zero attached hydrogens (tertiary/aromatic N) is 6. The lowest BCUT2D eigenvalue weighted by Gasteiger charge is -2.33. The summed E-state index contributed by atoms with van der Waals surface area (Å²) in [5, 5.41) is 3.58. The van der Waals surface area contributed by atoms with Gasteiger partial charge in [-0.15, -0.1) is 0 Å². The minimum Gasteiger partial charge on any atom is -0.367 e. The highest BCUT2D eigenvalue weighted by Crippen LogP contribution is 2.21. The minimum atomic E-state index is 0.482. The second-order valence-corrected chi connectivity index (χ2v) is 7.63. The molecule has 0 spiro atoms. The lowest BCUT2D eigenvalue weighted by Crippen LogP contribution is -2.39. The Morgan fingerprint density at radius 2 is 1.96 bits per heavy atom. The van der Waals surface area contributed by atoms with Crippen molar-refractivity contribution in [2.45, 2.75) is 51.2 Å². The zero-order chi connectivity index (χ0) is 17.9. The van der Waals surface area contributed by atoms with Gasteiger partial charge in [0, 0.05) is 65.0 Å². The van der Waals surface area contributed by atoms with Crippen molar-refractivity contribution in [3.63, 3.8) is 0 Å². The topological polar surface area (TPSA) is 62.1 Å².